The fraction of sp³-hybridized carbons (Fsp3) is 0.844. The van der Waals surface area contributed by atoms with Crippen molar-refractivity contribution in [1.82, 2.24) is 41.2 Å². The van der Waals surface area contributed by atoms with E-state index in [1.807, 2.05) is 6.92 Å². The summed E-state index contributed by atoms with van der Waals surface area (Å²) in [6.45, 7) is 15.0. The van der Waals surface area contributed by atoms with Crippen LogP contribution in [0.3, 0.4) is 0 Å². The van der Waals surface area contributed by atoms with Crippen LogP contribution in [0, 0.1) is 23.7 Å². The van der Waals surface area contributed by atoms with Crippen molar-refractivity contribution in [1.29, 1.82) is 0 Å². The summed E-state index contributed by atoms with van der Waals surface area (Å²) in [6, 6.07) is -10.6. The van der Waals surface area contributed by atoms with Gasteiger partial charge in [-0.1, -0.05) is 54.9 Å². The number of amides is 6. The summed E-state index contributed by atoms with van der Waals surface area (Å²) in [5, 5.41) is 73.8. The van der Waals surface area contributed by atoms with Crippen molar-refractivity contribution in [3.8, 4) is 0 Å². The van der Waals surface area contributed by atoms with Crippen LogP contribution in [0.1, 0.15) is 127 Å². The van der Waals surface area contributed by atoms with Gasteiger partial charge < -0.3 is 40.1 Å². The van der Waals surface area contributed by atoms with Gasteiger partial charge in [-0.05, 0) is 83.0 Å². The van der Waals surface area contributed by atoms with Crippen molar-refractivity contribution >= 4 is 41.4 Å². The van der Waals surface area contributed by atoms with Gasteiger partial charge in [-0.15, -0.1) is 0 Å². The molecular weight excluding hydrogens is 895 g/mol. The molecule has 0 aliphatic carbocycles. The van der Waals surface area contributed by atoms with E-state index in [4.69, 9.17) is 9.47 Å². The molecule has 0 unspecified atom stereocenters. The van der Waals surface area contributed by atoms with E-state index in [1.165, 1.54) is 34.6 Å². The maximum absolute atomic E-state index is 15.1. The molecule has 5 fully saturated rings. The maximum Gasteiger partial charge on any atom is 0.332 e. The first kappa shape index (κ1) is 54.9. The molecule has 5 aliphatic heterocycles. The molecule has 23 nitrogen and oxygen atoms in total. The Morgan fingerprint density at radius 1 is 0.882 bits per heavy atom. The Balaban J connectivity index is 1.62. The molecule has 5 rings (SSSR count). The lowest BCUT2D eigenvalue weighted by atomic mass is 9.78. The van der Waals surface area contributed by atoms with Gasteiger partial charge >= 0.3 is 5.97 Å². The molecule has 5 aliphatic rings. The van der Waals surface area contributed by atoms with Gasteiger partial charge in [0.1, 0.15) is 36.3 Å². The third-order valence-corrected chi connectivity index (χ3v) is 14.7. The van der Waals surface area contributed by atoms with Crippen LogP contribution in [-0.2, 0) is 43.0 Å². The Kier molecular flexibility index (Phi) is 17.4. The molecule has 5 heterocycles. The predicted molar refractivity (Wildman–Crippen MR) is 237 cm³/mol. The first-order chi connectivity index (χ1) is 31.6. The van der Waals surface area contributed by atoms with Crippen molar-refractivity contribution < 1.29 is 73.9 Å². The maximum atomic E-state index is 15.1. The fourth-order valence-corrected chi connectivity index (χ4v) is 10.1. The molecule has 386 valence electrons. The number of hydrazine groups is 2. The second-order valence-electron chi connectivity index (χ2n) is 20.6. The van der Waals surface area contributed by atoms with E-state index in [0.717, 1.165) is 41.6 Å². The van der Waals surface area contributed by atoms with Gasteiger partial charge in [0.15, 0.2) is 11.6 Å². The second kappa shape index (κ2) is 21.5. The number of esters is 1. The number of carbonyl (C=O) groups is 7. The average Bonchev–Trinajstić information content (AvgIpc) is 3.62. The molecule has 0 spiro atoms. The number of aliphatic hydroxyl groups is 4. The lowest BCUT2D eigenvalue weighted by Gasteiger charge is -2.48. The molecule has 0 aromatic heterocycles. The highest BCUT2D eigenvalue weighted by Gasteiger charge is 2.59. The van der Waals surface area contributed by atoms with Crippen LogP contribution < -0.4 is 16.2 Å². The first-order valence-electron chi connectivity index (χ1n) is 24.2. The second-order valence-corrected chi connectivity index (χ2v) is 20.6. The Hall–Kier alpha value is -4.07. The summed E-state index contributed by atoms with van der Waals surface area (Å²) in [4.78, 5) is 103. The summed E-state index contributed by atoms with van der Waals surface area (Å²) < 4.78 is 12.2. The topological polar surface area (TPSA) is 312 Å². The Bertz CT molecular complexity index is 1890. The highest BCUT2D eigenvalue weighted by atomic mass is 16.6. The lowest BCUT2D eigenvalue weighted by molar-refractivity contribution is -0.329. The number of hydroxylamine groups is 4. The summed E-state index contributed by atoms with van der Waals surface area (Å²) in [5.74, 6) is -12.1. The monoisotopic (exact) mass is 971 g/mol. The molecule has 0 aromatic rings. The molecule has 0 bridgehead atoms. The number of ether oxygens (including phenoxy) is 2. The Labute approximate surface area is 397 Å². The van der Waals surface area contributed by atoms with E-state index in [0.29, 0.717) is 18.8 Å². The summed E-state index contributed by atoms with van der Waals surface area (Å²) in [6.07, 6.45) is -1.48. The zero-order valence-electron chi connectivity index (χ0n) is 41.1. The fourth-order valence-electron chi connectivity index (χ4n) is 10.1. The van der Waals surface area contributed by atoms with Gasteiger partial charge in [-0.3, -0.25) is 49.2 Å². The predicted octanol–water partition coefficient (Wildman–Crippen LogP) is -0.704. The van der Waals surface area contributed by atoms with Crippen molar-refractivity contribution in [2.75, 3.05) is 19.6 Å². The van der Waals surface area contributed by atoms with E-state index in [9.17, 15) is 59.6 Å². The number of β-amino-alcohol motifs (C(OH)–C–C–N with tert-alkyl or cyclic N) is 1. The quantitative estimate of drug-likeness (QED) is 0.0784. The minimum Gasteiger partial charge on any atom is -0.458 e. The highest BCUT2D eigenvalue weighted by Crippen LogP contribution is 2.42. The number of carbonyl (C=O) groups excluding carboxylic acids is 7. The molecule has 14 atom stereocenters. The molecule has 6 amide bonds. The zero-order chi connectivity index (χ0) is 51.0. The molecule has 23 heteroatoms. The number of aliphatic hydroxyl groups excluding tert-OH is 1. The SMILES string of the molecule is CC[C@H](C)C[C@H]1CC[C@](O)([C@](C)(O)C(=O)N[C@@H]2C(=O)N3N[13CH2]CC[C@@H]3C(=O)N(O)[C@@H](C)C(=O)N3N[13CH2][C@H](O)C[C@@H]3C(=O)N3CC[C@@](C)(O)[C@H]3C(=O)N(O)[C@@H](C(C)C)C(=O)O[C@H]2C(C)C)O[C@@H]1CC. The van der Waals surface area contributed by atoms with Gasteiger partial charge in [0.2, 0.25) is 11.7 Å². The van der Waals surface area contributed by atoms with E-state index in [-0.39, 0.29) is 67.8 Å². The van der Waals surface area contributed by atoms with Gasteiger partial charge in [0, 0.05) is 32.5 Å². The van der Waals surface area contributed by atoms with Gasteiger partial charge in [0.05, 0.1) is 17.8 Å². The Morgan fingerprint density at radius 2 is 1.53 bits per heavy atom. The van der Waals surface area contributed by atoms with Crippen molar-refractivity contribution in [3.63, 3.8) is 0 Å². The normalized spacial score (nSPS) is 36.6. The van der Waals surface area contributed by atoms with Crippen LogP contribution in [0.15, 0.2) is 0 Å². The number of fused-ring (bicyclic) bond motifs is 3. The minimum absolute atomic E-state index is 0.0101. The van der Waals surface area contributed by atoms with Gasteiger partial charge in [0.25, 0.3) is 29.5 Å². The van der Waals surface area contributed by atoms with E-state index in [1.54, 1.807) is 0 Å². The van der Waals surface area contributed by atoms with E-state index < -0.39 is 125 Å². The number of hydrogen-bond donors (Lipinski definition) is 9. The third-order valence-electron chi connectivity index (χ3n) is 14.7. The van der Waals surface area contributed by atoms with E-state index in [2.05, 4.69) is 30.0 Å². The molecule has 0 saturated carbocycles. The molecule has 0 aromatic carbocycles. The summed E-state index contributed by atoms with van der Waals surface area (Å²) >= 11 is 0. The molecular formula is C45H76N8O15. The number of nitrogens with zero attached hydrogens (tertiary/aromatic N) is 5. The standard InChI is InChI=1S/C45H76N8O15/c1-11-25(7)20-27-15-16-45(64,68-31(27)12-2)44(10,63)42(61)48-32-34(24(5)6)67-41(60)33(23(3)4)53(66)40(59)35-43(9,62)17-19-49(35)37(56)30-21-28(54)22-47-51(30)36(55)26(8)52(65)38(57)29-14-13-18-46-50(29)39(32)58/h23-35,46-47,54,62-66H,11-22H2,1-10H3,(H,48,61)/t25-,26-,27+,28+,29+,30+,31+,32-,33-,34-,35+,43+,44+,45+/m0/s1/i18+1,22+1. The van der Waals surface area contributed by atoms with Crippen molar-refractivity contribution in [3.05, 3.63) is 0 Å². The minimum atomic E-state index is -2.76. The van der Waals surface area contributed by atoms with Gasteiger partial charge in [-0.25, -0.2) is 25.8 Å². The summed E-state index contributed by atoms with van der Waals surface area (Å²) in [7, 11) is 0. The van der Waals surface area contributed by atoms with Crippen LogP contribution in [0.2, 0.25) is 0 Å². The number of hydrogen-bond acceptors (Lipinski definition) is 17. The Morgan fingerprint density at radius 3 is 2.13 bits per heavy atom. The molecule has 0 radical (unpaired) electrons. The summed E-state index contributed by atoms with van der Waals surface area (Å²) in [5.41, 5.74) is 0.710. The van der Waals surface area contributed by atoms with Crippen LogP contribution in [0.25, 0.3) is 0 Å². The van der Waals surface area contributed by atoms with Crippen molar-refractivity contribution in [2.24, 2.45) is 23.7 Å². The van der Waals surface area contributed by atoms with Crippen LogP contribution in [0.5, 0.6) is 0 Å². The van der Waals surface area contributed by atoms with Crippen LogP contribution >= 0.6 is 0 Å². The lowest BCUT2D eigenvalue weighted by Crippen LogP contribution is -2.70. The molecule has 68 heavy (non-hydrogen) atoms. The molecule has 5 saturated heterocycles. The number of rotatable bonds is 9. The largest absolute Gasteiger partial charge is 0.458 e. The van der Waals surface area contributed by atoms with Gasteiger partial charge in [-0.2, -0.15) is 0 Å². The zero-order valence-corrected chi connectivity index (χ0v) is 41.1. The highest BCUT2D eigenvalue weighted by molar-refractivity contribution is 5.98. The van der Waals surface area contributed by atoms with E-state index >= 15 is 4.79 Å². The van der Waals surface area contributed by atoms with Crippen molar-refractivity contribution in [2.45, 2.75) is 199 Å². The van der Waals surface area contributed by atoms with Crippen LogP contribution in [0.4, 0.5) is 0 Å². The average molecular weight is 971 g/mol. The first-order valence-corrected chi connectivity index (χ1v) is 24.2. The number of cyclic esters (lactones) is 1. The third kappa shape index (κ3) is 10.8. The van der Waals surface area contributed by atoms with Crippen LogP contribution in [-0.4, -0.2) is 188 Å². The molecule has 9 N–H and O–H groups in total. The smallest absolute Gasteiger partial charge is 0.332 e. The number of nitrogens with one attached hydrogen (secondary N) is 3.